The van der Waals surface area contributed by atoms with E-state index in [1.807, 2.05) is 107 Å². The van der Waals surface area contributed by atoms with Gasteiger partial charge in [0.15, 0.2) is 11.6 Å². The fraction of sp³-hybridized carbons (Fsp3) is 0. The van der Waals surface area contributed by atoms with E-state index in [1.54, 1.807) is 18.2 Å². The van der Waals surface area contributed by atoms with Gasteiger partial charge in [0, 0.05) is 16.9 Å². The smallest absolute Gasteiger partial charge is 0.312 e. The van der Waals surface area contributed by atoms with Crippen LogP contribution in [0.2, 0.25) is 10.0 Å². The Hall–Kier alpha value is -4.98. The second-order valence-electron chi connectivity index (χ2n) is 9.26. The Kier molecular flexibility index (Phi) is 6.23. The highest BCUT2D eigenvalue weighted by atomic mass is 35.5. The second kappa shape index (κ2) is 10.2. The fourth-order valence-corrected chi connectivity index (χ4v) is 5.17. The molecule has 2 aliphatic rings. The quantitative estimate of drug-likeness (QED) is 0.160. The molecular weight excluding hydrogens is 557 g/mol. The first-order valence-corrected chi connectivity index (χ1v) is 13.5. The van der Waals surface area contributed by atoms with Crippen molar-refractivity contribution in [2.45, 2.75) is 0 Å². The van der Waals surface area contributed by atoms with Crippen molar-refractivity contribution < 1.29 is 9.63 Å². The number of fused-ring (bicyclic) bond motifs is 2. The number of anilines is 4. The minimum absolute atomic E-state index is 0.338. The zero-order chi connectivity index (χ0) is 27.9. The molecule has 0 radical (unpaired) electrons. The number of hydrogen-bond acceptors (Lipinski definition) is 7. The Morgan fingerprint density at radius 3 is 1.66 bits per heavy atom. The summed E-state index contributed by atoms with van der Waals surface area (Å²) in [4.78, 5) is 31.9. The molecule has 0 amide bonds. The van der Waals surface area contributed by atoms with E-state index in [-0.39, 0.29) is 0 Å². The van der Waals surface area contributed by atoms with E-state index < -0.39 is 5.97 Å². The predicted octanol–water partition coefficient (Wildman–Crippen LogP) is 7.96. The van der Waals surface area contributed by atoms with Gasteiger partial charge in [-0.1, -0.05) is 95.1 Å². The molecule has 41 heavy (non-hydrogen) atoms. The third kappa shape index (κ3) is 4.41. The number of para-hydroxylation sites is 2. The molecule has 2 aliphatic heterocycles. The lowest BCUT2D eigenvalue weighted by Gasteiger charge is -2.24. The van der Waals surface area contributed by atoms with Crippen molar-refractivity contribution in [1.82, 2.24) is 9.97 Å². The lowest BCUT2D eigenvalue weighted by atomic mass is 10.0. The number of rotatable bonds is 4. The first-order chi connectivity index (χ1) is 20.1. The van der Waals surface area contributed by atoms with E-state index in [2.05, 4.69) is 5.16 Å². The summed E-state index contributed by atoms with van der Waals surface area (Å²) in [5.41, 5.74) is 4.50. The zero-order valence-corrected chi connectivity index (χ0v) is 22.8. The van der Waals surface area contributed by atoms with Crippen LogP contribution >= 0.6 is 23.2 Å². The van der Waals surface area contributed by atoms with Crippen LogP contribution in [-0.2, 0) is 9.63 Å². The Balaban J connectivity index is 1.47. The van der Waals surface area contributed by atoms with Crippen molar-refractivity contribution in [2.75, 3.05) is 9.80 Å². The third-order valence-corrected chi connectivity index (χ3v) is 7.44. The van der Waals surface area contributed by atoms with E-state index in [9.17, 15) is 4.79 Å². The minimum Gasteiger partial charge on any atom is -0.312 e. The summed E-state index contributed by atoms with van der Waals surface area (Å²) in [7, 11) is 0. The molecule has 5 aromatic rings. The number of aromatic nitrogens is 2. The van der Waals surface area contributed by atoms with Crippen molar-refractivity contribution in [1.29, 1.82) is 0 Å². The highest BCUT2D eigenvalue weighted by Crippen LogP contribution is 2.48. The Morgan fingerprint density at radius 1 is 0.659 bits per heavy atom. The number of oxime groups is 1. The molecule has 1 aromatic heterocycles. The molecule has 0 atom stereocenters. The van der Waals surface area contributed by atoms with Crippen molar-refractivity contribution in [2.24, 2.45) is 5.16 Å². The summed E-state index contributed by atoms with van der Waals surface area (Å²) in [6.45, 7) is 0. The Bertz CT molecular complexity index is 1820. The molecule has 0 N–H and O–H groups in total. The third-order valence-electron chi connectivity index (χ3n) is 6.72. The van der Waals surface area contributed by atoms with Gasteiger partial charge in [0.05, 0.1) is 26.7 Å². The standard InChI is InChI=1S/C32H19Cl2N5O2/c33-24-18-26-27(19-25(24)34)36-31-30(35-26)38(21-12-6-2-7-13-21)28(39(31)22-14-8-3-9-15-22)17-16-23-29(37-41-32(23)40)20-10-4-1-5-11-20/h1-19H. The molecule has 7 nitrogen and oxygen atoms in total. The molecule has 0 bridgehead atoms. The topological polar surface area (TPSA) is 70.9 Å². The predicted molar refractivity (Wildman–Crippen MR) is 162 cm³/mol. The van der Waals surface area contributed by atoms with E-state index in [0.717, 1.165) is 16.9 Å². The summed E-state index contributed by atoms with van der Waals surface area (Å²) in [6.07, 6.45) is 3.58. The van der Waals surface area contributed by atoms with Gasteiger partial charge in [0.1, 0.15) is 11.5 Å². The average molecular weight is 576 g/mol. The zero-order valence-electron chi connectivity index (χ0n) is 21.3. The minimum atomic E-state index is -0.528. The van der Waals surface area contributed by atoms with Crippen LogP contribution < -0.4 is 9.80 Å². The number of allylic oxidation sites excluding steroid dienone is 2. The van der Waals surface area contributed by atoms with Crippen LogP contribution in [0.15, 0.2) is 132 Å². The van der Waals surface area contributed by atoms with E-state index in [4.69, 9.17) is 38.0 Å². The normalized spacial score (nSPS) is 15.4. The molecule has 0 saturated heterocycles. The maximum Gasteiger partial charge on any atom is 0.368 e. The van der Waals surface area contributed by atoms with Gasteiger partial charge in [-0.25, -0.2) is 14.8 Å². The van der Waals surface area contributed by atoms with Gasteiger partial charge in [-0.2, -0.15) is 0 Å². The van der Waals surface area contributed by atoms with Gasteiger partial charge >= 0.3 is 5.97 Å². The van der Waals surface area contributed by atoms with Crippen LogP contribution in [0.1, 0.15) is 5.56 Å². The molecule has 4 aromatic carbocycles. The highest BCUT2D eigenvalue weighted by molar-refractivity contribution is 6.42. The number of halogens is 2. The van der Waals surface area contributed by atoms with E-state index in [1.165, 1.54) is 0 Å². The summed E-state index contributed by atoms with van der Waals surface area (Å²) in [5.74, 6) is 1.37. The summed E-state index contributed by atoms with van der Waals surface area (Å²) in [6, 6.07) is 32.5. The van der Waals surface area contributed by atoms with Crippen LogP contribution in [0, 0.1) is 0 Å². The Morgan fingerprint density at radius 2 is 1.15 bits per heavy atom. The van der Waals surface area contributed by atoms with Gasteiger partial charge in [0.25, 0.3) is 0 Å². The molecule has 0 saturated carbocycles. The van der Waals surface area contributed by atoms with E-state index >= 15 is 0 Å². The van der Waals surface area contributed by atoms with Crippen molar-refractivity contribution in [3.8, 4) is 0 Å². The fourth-order valence-electron chi connectivity index (χ4n) is 4.85. The number of carbonyl (C=O) groups is 1. The first kappa shape index (κ1) is 25.0. The summed E-state index contributed by atoms with van der Waals surface area (Å²) >= 11 is 12.7. The van der Waals surface area contributed by atoms with Gasteiger partial charge in [-0.3, -0.25) is 9.80 Å². The molecular formula is C32H19Cl2N5O2. The molecule has 3 heterocycles. The molecule has 0 aliphatic carbocycles. The van der Waals surface area contributed by atoms with Crippen LogP contribution in [0.25, 0.3) is 11.0 Å². The monoisotopic (exact) mass is 575 g/mol. The average Bonchev–Trinajstić information content (AvgIpc) is 3.53. The molecule has 9 heteroatoms. The number of carbonyl (C=O) groups excluding carboxylic acids is 1. The van der Waals surface area contributed by atoms with E-state index in [0.29, 0.717) is 49.8 Å². The van der Waals surface area contributed by atoms with Crippen LogP contribution in [0.4, 0.5) is 23.0 Å². The number of benzene rings is 4. The van der Waals surface area contributed by atoms with Gasteiger partial charge in [-0.15, -0.1) is 0 Å². The highest BCUT2D eigenvalue weighted by Gasteiger charge is 2.37. The molecule has 198 valence electrons. The Labute approximate surface area is 245 Å². The van der Waals surface area contributed by atoms with Gasteiger partial charge in [0.2, 0.25) is 0 Å². The number of hydrogen-bond donors (Lipinski definition) is 0. The lowest BCUT2D eigenvalue weighted by Crippen LogP contribution is -2.22. The van der Waals surface area contributed by atoms with Crippen molar-refractivity contribution >= 4 is 68.9 Å². The molecule has 7 rings (SSSR count). The molecule has 0 unspecified atom stereocenters. The van der Waals surface area contributed by atoms with Gasteiger partial charge < -0.3 is 4.84 Å². The maximum absolute atomic E-state index is 12.8. The largest absolute Gasteiger partial charge is 0.368 e. The SMILES string of the molecule is O=C1ON=C(c2ccccc2)C1=CC=C1N(c2ccccc2)c2nc3cc(Cl)c(Cl)cc3nc2N1c1ccccc1. The first-order valence-electron chi connectivity index (χ1n) is 12.7. The maximum atomic E-state index is 12.8. The van der Waals surface area contributed by atoms with Crippen molar-refractivity contribution in [3.05, 3.63) is 142 Å². The number of nitrogens with zero attached hydrogens (tertiary/aromatic N) is 5. The van der Waals surface area contributed by atoms with Crippen LogP contribution in [-0.4, -0.2) is 21.6 Å². The summed E-state index contributed by atoms with van der Waals surface area (Å²) < 4.78 is 0. The summed E-state index contributed by atoms with van der Waals surface area (Å²) in [5, 5.41) is 4.84. The van der Waals surface area contributed by atoms with Crippen LogP contribution in [0.5, 0.6) is 0 Å². The van der Waals surface area contributed by atoms with Crippen LogP contribution in [0.3, 0.4) is 0 Å². The van der Waals surface area contributed by atoms with Gasteiger partial charge in [-0.05, 0) is 48.6 Å². The molecule has 0 spiro atoms. The molecule has 0 fully saturated rings. The second-order valence-corrected chi connectivity index (χ2v) is 10.1. The lowest BCUT2D eigenvalue weighted by molar-refractivity contribution is -0.136. The van der Waals surface area contributed by atoms with Crippen molar-refractivity contribution in [3.63, 3.8) is 0 Å².